The van der Waals surface area contributed by atoms with Gasteiger partial charge in [0, 0.05) is 6.42 Å². The molecule has 0 bridgehead atoms. The molecule has 0 saturated heterocycles. The summed E-state index contributed by atoms with van der Waals surface area (Å²) in [5.41, 5.74) is 0. The minimum absolute atomic E-state index is 0.0713. The van der Waals surface area contributed by atoms with Crippen LogP contribution in [0.3, 0.4) is 0 Å². The van der Waals surface area contributed by atoms with Gasteiger partial charge in [0.2, 0.25) is 5.91 Å². The van der Waals surface area contributed by atoms with Gasteiger partial charge >= 0.3 is 5.97 Å². The molecule has 3 unspecified atom stereocenters. The maximum atomic E-state index is 13.2. The zero-order valence-corrected chi connectivity index (χ0v) is 42.2. The van der Waals surface area contributed by atoms with Crippen molar-refractivity contribution in [2.24, 2.45) is 0 Å². The maximum absolute atomic E-state index is 13.2. The van der Waals surface area contributed by atoms with Crippen LogP contribution in [0.2, 0.25) is 0 Å². The Labute approximate surface area is 392 Å². The summed E-state index contributed by atoms with van der Waals surface area (Å²) in [5, 5.41) is 23.8. The summed E-state index contributed by atoms with van der Waals surface area (Å²) in [6, 6.07) is -0.704. The van der Waals surface area contributed by atoms with E-state index in [-0.39, 0.29) is 24.9 Å². The van der Waals surface area contributed by atoms with Gasteiger partial charge in [0.1, 0.15) is 6.10 Å². The van der Waals surface area contributed by atoms with Gasteiger partial charge in [0.25, 0.3) is 0 Å². The Morgan fingerprint density at radius 2 is 0.810 bits per heavy atom. The Balaban J connectivity index is 4.57. The number of allylic oxidation sites excluding steroid dienone is 6. The summed E-state index contributed by atoms with van der Waals surface area (Å²) in [6.45, 7) is 6.47. The van der Waals surface area contributed by atoms with Gasteiger partial charge in [-0.15, -0.1) is 0 Å². The number of ether oxygens (including phenoxy) is 1. The molecule has 0 aliphatic rings. The van der Waals surface area contributed by atoms with E-state index in [2.05, 4.69) is 62.5 Å². The number of hydrogen-bond donors (Lipinski definition) is 3. The van der Waals surface area contributed by atoms with Crippen LogP contribution in [0.1, 0.15) is 290 Å². The van der Waals surface area contributed by atoms with E-state index in [1.165, 1.54) is 167 Å². The smallest absolute Gasteiger partial charge is 0.306 e. The van der Waals surface area contributed by atoms with Crippen molar-refractivity contribution in [1.82, 2.24) is 5.32 Å². The molecule has 1 amide bonds. The van der Waals surface area contributed by atoms with Crippen LogP contribution in [-0.4, -0.2) is 46.9 Å². The third-order valence-electron chi connectivity index (χ3n) is 12.7. The van der Waals surface area contributed by atoms with Gasteiger partial charge in [-0.3, -0.25) is 9.59 Å². The standard InChI is InChI=1S/C57H107NO5/c1-4-7-10-13-16-19-22-25-27-28-30-32-35-38-41-44-47-50-57(62)63-53(48-45-42-39-36-33-31-29-26-23-20-17-14-11-8-5-2)51-56(61)58-54(52-59)55(60)49-46-43-40-37-34-24-21-18-15-12-9-6-3/h16,19,25-27,29,53-55,59-60H,4-15,17-18,20-24,28,30-52H2,1-3H3,(H,58,61)/b19-16-,27-25-,29-26+. The maximum Gasteiger partial charge on any atom is 0.306 e. The first-order valence-electron chi connectivity index (χ1n) is 27.7. The van der Waals surface area contributed by atoms with Crippen molar-refractivity contribution in [3.8, 4) is 0 Å². The summed E-state index contributed by atoms with van der Waals surface area (Å²) in [4.78, 5) is 26.2. The molecule has 6 heteroatoms. The molecule has 0 aliphatic carbocycles. The van der Waals surface area contributed by atoms with Crippen LogP contribution < -0.4 is 5.32 Å². The number of carbonyl (C=O) groups is 2. The third-order valence-corrected chi connectivity index (χ3v) is 12.7. The van der Waals surface area contributed by atoms with Gasteiger partial charge in [0.15, 0.2) is 0 Å². The summed E-state index contributed by atoms with van der Waals surface area (Å²) in [5.74, 6) is -0.479. The molecule has 0 heterocycles. The molecule has 0 aromatic carbocycles. The van der Waals surface area contributed by atoms with Crippen LogP contribution in [0, 0.1) is 0 Å². The van der Waals surface area contributed by atoms with Gasteiger partial charge in [-0.2, -0.15) is 0 Å². The molecular weight excluding hydrogens is 779 g/mol. The molecule has 0 radical (unpaired) electrons. The first-order chi connectivity index (χ1) is 31.0. The zero-order valence-electron chi connectivity index (χ0n) is 42.2. The average molecular weight is 886 g/mol. The van der Waals surface area contributed by atoms with Crippen LogP contribution in [-0.2, 0) is 14.3 Å². The van der Waals surface area contributed by atoms with Gasteiger partial charge in [-0.25, -0.2) is 0 Å². The van der Waals surface area contributed by atoms with Crippen molar-refractivity contribution in [3.05, 3.63) is 36.5 Å². The molecule has 3 atom stereocenters. The molecule has 0 rings (SSSR count). The van der Waals surface area contributed by atoms with Crippen LogP contribution in [0.4, 0.5) is 0 Å². The fourth-order valence-corrected chi connectivity index (χ4v) is 8.46. The van der Waals surface area contributed by atoms with Crippen molar-refractivity contribution in [2.45, 2.75) is 309 Å². The van der Waals surface area contributed by atoms with Gasteiger partial charge in [-0.1, -0.05) is 231 Å². The van der Waals surface area contributed by atoms with Gasteiger partial charge in [0.05, 0.1) is 25.2 Å². The number of aliphatic hydroxyl groups excluding tert-OH is 2. The van der Waals surface area contributed by atoms with Crippen molar-refractivity contribution in [1.29, 1.82) is 0 Å². The molecule has 63 heavy (non-hydrogen) atoms. The molecule has 6 nitrogen and oxygen atoms in total. The Hall–Kier alpha value is -1.92. The van der Waals surface area contributed by atoms with Crippen LogP contribution >= 0.6 is 0 Å². The highest BCUT2D eigenvalue weighted by Gasteiger charge is 2.24. The fourth-order valence-electron chi connectivity index (χ4n) is 8.46. The van der Waals surface area contributed by atoms with Crippen LogP contribution in [0.15, 0.2) is 36.5 Å². The van der Waals surface area contributed by atoms with Crippen molar-refractivity contribution in [2.75, 3.05) is 6.61 Å². The minimum atomic E-state index is -0.789. The Morgan fingerprint density at radius 3 is 1.25 bits per heavy atom. The second-order valence-electron chi connectivity index (χ2n) is 19.0. The normalized spacial score (nSPS) is 13.4. The molecule has 0 aromatic heterocycles. The lowest BCUT2D eigenvalue weighted by molar-refractivity contribution is -0.151. The average Bonchev–Trinajstić information content (AvgIpc) is 3.28. The number of aliphatic hydroxyl groups is 2. The predicted octanol–water partition coefficient (Wildman–Crippen LogP) is 16.8. The van der Waals surface area contributed by atoms with Crippen molar-refractivity contribution < 1.29 is 24.5 Å². The number of amides is 1. The fraction of sp³-hybridized carbons (Fsp3) is 0.860. The summed E-state index contributed by atoms with van der Waals surface area (Å²) in [6.07, 6.45) is 60.6. The van der Waals surface area contributed by atoms with Gasteiger partial charge < -0.3 is 20.3 Å². The molecule has 0 fully saturated rings. The summed E-state index contributed by atoms with van der Waals surface area (Å²) < 4.78 is 5.95. The van der Waals surface area contributed by atoms with E-state index in [9.17, 15) is 19.8 Å². The number of carbonyl (C=O) groups excluding carboxylic acids is 2. The number of hydrogen-bond acceptors (Lipinski definition) is 5. The highest BCUT2D eigenvalue weighted by atomic mass is 16.5. The topological polar surface area (TPSA) is 95.9 Å². The molecule has 3 N–H and O–H groups in total. The molecule has 0 saturated carbocycles. The van der Waals surface area contributed by atoms with E-state index < -0.39 is 18.2 Å². The van der Waals surface area contributed by atoms with E-state index in [1.807, 2.05) is 0 Å². The van der Waals surface area contributed by atoms with Crippen molar-refractivity contribution in [3.63, 3.8) is 0 Å². The highest BCUT2D eigenvalue weighted by Crippen LogP contribution is 2.18. The largest absolute Gasteiger partial charge is 0.462 e. The summed E-state index contributed by atoms with van der Waals surface area (Å²) >= 11 is 0. The van der Waals surface area contributed by atoms with Crippen LogP contribution in [0.5, 0.6) is 0 Å². The van der Waals surface area contributed by atoms with E-state index in [0.29, 0.717) is 19.3 Å². The SMILES string of the molecule is CCCCC/C=C\C/C=C\CCCCCCCCCC(=O)OC(CCCCCCC/C=C/CCCCCCCC)CC(=O)NC(CO)C(O)CCCCCCCCCCCCCC. The molecule has 0 aliphatic heterocycles. The Morgan fingerprint density at radius 1 is 0.460 bits per heavy atom. The lowest BCUT2D eigenvalue weighted by atomic mass is 10.0. The van der Waals surface area contributed by atoms with E-state index in [0.717, 1.165) is 77.0 Å². The predicted molar refractivity (Wildman–Crippen MR) is 273 cm³/mol. The Bertz CT molecular complexity index is 1040. The van der Waals surface area contributed by atoms with E-state index in [1.54, 1.807) is 0 Å². The molecule has 370 valence electrons. The monoisotopic (exact) mass is 886 g/mol. The first-order valence-corrected chi connectivity index (χ1v) is 27.7. The second kappa shape index (κ2) is 51.1. The quantitative estimate of drug-likeness (QED) is 0.0321. The van der Waals surface area contributed by atoms with Crippen LogP contribution in [0.25, 0.3) is 0 Å². The molecular formula is C57H107NO5. The lowest BCUT2D eigenvalue weighted by Gasteiger charge is -2.24. The number of rotatable bonds is 50. The first kappa shape index (κ1) is 61.1. The van der Waals surface area contributed by atoms with Crippen molar-refractivity contribution >= 4 is 11.9 Å². The highest BCUT2D eigenvalue weighted by molar-refractivity contribution is 5.77. The third kappa shape index (κ3) is 46.4. The number of esters is 1. The lowest BCUT2D eigenvalue weighted by Crippen LogP contribution is -2.46. The minimum Gasteiger partial charge on any atom is -0.462 e. The molecule has 0 aromatic rings. The van der Waals surface area contributed by atoms with E-state index >= 15 is 0 Å². The second-order valence-corrected chi connectivity index (χ2v) is 19.0. The Kier molecular flexibility index (Phi) is 49.5. The molecule has 0 spiro atoms. The number of unbranched alkanes of at least 4 members (excludes halogenated alkanes) is 32. The van der Waals surface area contributed by atoms with E-state index in [4.69, 9.17) is 4.74 Å². The summed E-state index contributed by atoms with van der Waals surface area (Å²) in [7, 11) is 0. The van der Waals surface area contributed by atoms with Gasteiger partial charge in [-0.05, 0) is 83.5 Å². The zero-order chi connectivity index (χ0) is 45.9. The number of nitrogens with one attached hydrogen (secondary N) is 1.